The van der Waals surface area contributed by atoms with Crippen LogP contribution in [0.2, 0.25) is 5.02 Å². The molecule has 3 aliphatic rings. The Morgan fingerprint density at radius 1 is 1.20 bits per heavy atom. The normalized spacial score (nSPS) is 24.0. The second kappa shape index (κ2) is 11.4. The average molecular weight is 573 g/mol. The van der Waals surface area contributed by atoms with Crippen molar-refractivity contribution in [3.8, 4) is 16.9 Å². The van der Waals surface area contributed by atoms with Crippen molar-refractivity contribution in [3.05, 3.63) is 87.5 Å². The Balaban J connectivity index is 1.32. The van der Waals surface area contributed by atoms with Gasteiger partial charge in [0.15, 0.2) is 11.6 Å². The zero-order valence-corrected chi connectivity index (χ0v) is 22.8. The van der Waals surface area contributed by atoms with Gasteiger partial charge in [0.25, 0.3) is 0 Å². The molecule has 2 saturated carbocycles. The van der Waals surface area contributed by atoms with Crippen LogP contribution in [0.3, 0.4) is 0 Å². The van der Waals surface area contributed by atoms with Crippen molar-refractivity contribution in [1.82, 2.24) is 0 Å². The van der Waals surface area contributed by atoms with Crippen molar-refractivity contribution >= 4 is 17.6 Å². The number of hydrogen-bond donors (Lipinski definition) is 3. The van der Waals surface area contributed by atoms with E-state index in [1.165, 1.54) is 18.2 Å². The number of aliphatic hydroxyl groups excluding tert-OH is 2. The lowest BCUT2D eigenvalue weighted by Gasteiger charge is -2.18. The quantitative estimate of drug-likeness (QED) is 0.313. The second-order valence-corrected chi connectivity index (χ2v) is 11.1. The smallest absolute Gasteiger partial charge is 0.307 e. The third kappa shape index (κ3) is 5.59. The minimum atomic E-state index is -0.945. The van der Waals surface area contributed by atoms with Gasteiger partial charge in [0.2, 0.25) is 0 Å². The number of fused-ring (bicyclic) bond motifs is 3. The highest BCUT2D eigenvalue weighted by Crippen LogP contribution is 2.63. The Kier molecular flexibility index (Phi) is 8.15. The van der Waals surface area contributed by atoms with E-state index < -0.39 is 36.4 Å². The van der Waals surface area contributed by atoms with Gasteiger partial charge in [-0.15, -0.1) is 0 Å². The number of hydrogen-bond acceptors (Lipinski definition) is 5. The van der Waals surface area contributed by atoms with Crippen LogP contribution in [0.5, 0.6) is 5.75 Å². The molecule has 212 valence electrons. The summed E-state index contributed by atoms with van der Waals surface area (Å²) in [5, 5.41) is 27.9. The Labute approximate surface area is 236 Å². The van der Waals surface area contributed by atoms with E-state index >= 15 is 0 Å². The van der Waals surface area contributed by atoms with Crippen molar-refractivity contribution in [2.45, 2.75) is 45.0 Å². The molecule has 3 aliphatic carbocycles. The molecule has 5 atom stereocenters. The third-order valence-corrected chi connectivity index (χ3v) is 8.33. The van der Waals surface area contributed by atoms with Gasteiger partial charge in [-0.05, 0) is 83.9 Å². The van der Waals surface area contributed by atoms with Crippen LogP contribution < -0.4 is 4.74 Å². The Hall–Kier alpha value is -3.04. The number of aliphatic hydroxyl groups is 2. The van der Waals surface area contributed by atoms with E-state index in [2.05, 4.69) is 6.58 Å². The molecular weight excluding hydrogens is 542 g/mol. The molecule has 0 heterocycles. The maximum absolute atomic E-state index is 14.9. The number of allylic oxidation sites excluding steroid dienone is 3. The highest BCUT2D eigenvalue weighted by atomic mass is 35.5. The summed E-state index contributed by atoms with van der Waals surface area (Å²) in [7, 11) is 0. The fraction of sp³-hybridized carbons (Fsp3) is 0.387. The predicted molar refractivity (Wildman–Crippen MR) is 146 cm³/mol. The van der Waals surface area contributed by atoms with Gasteiger partial charge in [-0.1, -0.05) is 24.3 Å². The van der Waals surface area contributed by atoms with Gasteiger partial charge in [-0.2, -0.15) is 0 Å². The lowest BCUT2D eigenvalue weighted by molar-refractivity contribution is -0.139. The lowest BCUT2D eigenvalue weighted by atomic mass is 9.98. The molecule has 0 aliphatic heterocycles. The predicted octanol–water partition coefficient (Wildman–Crippen LogP) is 5.76. The molecule has 9 heteroatoms. The monoisotopic (exact) mass is 572 g/mol. The maximum atomic E-state index is 14.9. The van der Waals surface area contributed by atoms with Gasteiger partial charge < -0.3 is 24.8 Å². The minimum Gasteiger partial charge on any atom is -0.490 e. The summed E-state index contributed by atoms with van der Waals surface area (Å²) in [5.41, 5.74) is 4.76. The molecule has 0 saturated heterocycles. The first-order valence-electron chi connectivity index (χ1n) is 13.2. The molecule has 0 aromatic heterocycles. The maximum Gasteiger partial charge on any atom is 0.307 e. The fourth-order valence-corrected chi connectivity index (χ4v) is 6.02. The van der Waals surface area contributed by atoms with Gasteiger partial charge in [0.1, 0.15) is 5.82 Å². The first-order valence-corrected chi connectivity index (χ1v) is 13.6. The summed E-state index contributed by atoms with van der Waals surface area (Å²) in [6, 6.07) is 5.52. The van der Waals surface area contributed by atoms with Crippen LogP contribution in [0.4, 0.5) is 8.78 Å². The van der Waals surface area contributed by atoms with Gasteiger partial charge in [0, 0.05) is 23.5 Å². The molecular formula is C31H31ClF2O6. The number of carbonyl (C=O) groups is 1. The summed E-state index contributed by atoms with van der Waals surface area (Å²) in [6.07, 6.45) is 4.00. The van der Waals surface area contributed by atoms with Crippen molar-refractivity contribution in [2.24, 2.45) is 17.8 Å². The molecule has 1 unspecified atom stereocenters. The molecule has 40 heavy (non-hydrogen) atoms. The number of carboxylic acids is 1. The van der Waals surface area contributed by atoms with Crippen LogP contribution in [0.15, 0.2) is 59.7 Å². The highest BCUT2D eigenvalue weighted by Gasteiger charge is 2.61. The number of carboxylic acid groups (broad SMARTS) is 1. The van der Waals surface area contributed by atoms with Crippen molar-refractivity contribution < 1.29 is 38.4 Å². The third-order valence-electron chi connectivity index (χ3n) is 8.02. The van der Waals surface area contributed by atoms with Gasteiger partial charge in [-0.3, -0.25) is 4.79 Å². The Morgan fingerprint density at radius 2 is 1.98 bits per heavy atom. The van der Waals surface area contributed by atoms with Crippen molar-refractivity contribution in [3.63, 3.8) is 0 Å². The topological polar surface area (TPSA) is 96.2 Å². The number of benzene rings is 2. The average Bonchev–Trinajstić information content (AvgIpc) is 3.55. The van der Waals surface area contributed by atoms with Crippen LogP contribution in [0.1, 0.15) is 30.4 Å². The summed E-state index contributed by atoms with van der Waals surface area (Å²) >= 11 is 6.38. The van der Waals surface area contributed by atoms with Crippen LogP contribution in [-0.4, -0.2) is 46.7 Å². The lowest BCUT2D eigenvalue weighted by Crippen LogP contribution is -2.16. The van der Waals surface area contributed by atoms with Crippen molar-refractivity contribution in [2.75, 3.05) is 13.2 Å². The molecule has 0 amide bonds. The van der Waals surface area contributed by atoms with Crippen LogP contribution in [-0.2, 0) is 16.1 Å². The van der Waals surface area contributed by atoms with Crippen LogP contribution in [0, 0.1) is 36.3 Å². The summed E-state index contributed by atoms with van der Waals surface area (Å²) in [4.78, 5) is 11.5. The SMILES string of the molecule is C=C1CC=C2C(=CC1OCc1cc(-c3cc(F)c(OCC[C@@H](O)CO)cc3C)c(Cl)cc1F)C[C@H]1[C@H](C(=O)O)[C@@H]21. The first-order chi connectivity index (χ1) is 19.1. The highest BCUT2D eigenvalue weighted by molar-refractivity contribution is 6.33. The standard InChI is InChI=1S/C31H31ClF2O6/c1-15-3-4-20-17(8-23-29(20)30(23)31(37)38)10-27(15)40-14-18-9-22(24(32)12-25(18)33)21-11-26(34)28(7-16(21)2)39-6-5-19(36)13-35/h4,7,9-12,19,23,27,29-30,35-36H,1,3,5-6,8,13-14H2,2H3,(H,37,38)/t19-,23-,27?,29+,30+/m1/s1. The molecule has 2 fully saturated rings. The first kappa shape index (κ1) is 28.5. The van der Waals surface area contributed by atoms with Crippen LogP contribution in [0.25, 0.3) is 11.1 Å². The Bertz CT molecular complexity index is 1420. The van der Waals surface area contributed by atoms with Crippen molar-refractivity contribution in [1.29, 1.82) is 0 Å². The molecule has 2 aromatic carbocycles. The zero-order valence-electron chi connectivity index (χ0n) is 22.0. The number of aryl methyl sites for hydroxylation is 1. The number of ether oxygens (including phenoxy) is 2. The summed E-state index contributed by atoms with van der Waals surface area (Å²) in [5.74, 6) is -2.07. The van der Waals surface area contributed by atoms with E-state index in [0.29, 0.717) is 29.5 Å². The second-order valence-electron chi connectivity index (χ2n) is 10.7. The molecule has 0 bridgehead atoms. The molecule has 2 aromatic rings. The fourth-order valence-electron chi connectivity index (χ4n) is 5.77. The number of rotatable bonds is 10. The summed E-state index contributed by atoms with van der Waals surface area (Å²) < 4.78 is 41.4. The van der Waals surface area contributed by atoms with E-state index in [4.69, 9.17) is 26.2 Å². The van der Waals surface area contributed by atoms with E-state index in [-0.39, 0.29) is 53.7 Å². The number of halogens is 3. The molecule has 6 nitrogen and oxygen atoms in total. The van der Waals surface area contributed by atoms with Gasteiger partial charge in [0.05, 0.1) is 43.0 Å². The number of aliphatic carboxylic acids is 1. The molecule has 0 spiro atoms. The van der Waals surface area contributed by atoms with Gasteiger partial charge in [-0.25, -0.2) is 8.78 Å². The Morgan fingerprint density at radius 3 is 2.70 bits per heavy atom. The largest absolute Gasteiger partial charge is 0.490 e. The van der Waals surface area contributed by atoms with Gasteiger partial charge >= 0.3 is 5.97 Å². The van der Waals surface area contributed by atoms with E-state index in [9.17, 15) is 23.8 Å². The molecule has 3 N–H and O–H groups in total. The van der Waals surface area contributed by atoms with E-state index in [0.717, 1.165) is 16.7 Å². The van der Waals surface area contributed by atoms with E-state index in [1.807, 2.05) is 12.2 Å². The summed E-state index contributed by atoms with van der Waals surface area (Å²) in [6.45, 7) is 5.44. The minimum absolute atomic E-state index is 0.000275. The molecule has 5 rings (SSSR count). The van der Waals surface area contributed by atoms with Crippen LogP contribution >= 0.6 is 11.6 Å². The van der Waals surface area contributed by atoms with E-state index in [1.54, 1.807) is 13.0 Å². The molecule has 0 radical (unpaired) electrons. The zero-order chi connectivity index (χ0) is 28.7.